The summed E-state index contributed by atoms with van der Waals surface area (Å²) in [5, 5.41) is 4.82. The Balaban J connectivity index is 1.71. The van der Waals surface area contributed by atoms with Crippen LogP contribution < -0.4 is 5.32 Å². The van der Waals surface area contributed by atoms with Gasteiger partial charge >= 0.3 is 0 Å². The number of nitrogens with one attached hydrogen (secondary N) is 1. The van der Waals surface area contributed by atoms with E-state index >= 15 is 0 Å². The second-order valence-electron chi connectivity index (χ2n) is 4.08. The molecule has 0 aliphatic carbocycles. The Morgan fingerprint density at radius 3 is 2.95 bits per heavy atom. The molecule has 1 N–H and O–H groups in total. The van der Waals surface area contributed by atoms with Crippen molar-refractivity contribution < 1.29 is 9.18 Å². The monoisotopic (exact) mass is 373 g/mol. The molecule has 0 unspecified atom stereocenters. The maximum Gasteiger partial charge on any atom is 0.230 e. The number of thiophene rings is 1. The van der Waals surface area contributed by atoms with Crippen LogP contribution in [0.2, 0.25) is 0 Å². The van der Waals surface area contributed by atoms with Crippen molar-refractivity contribution in [1.29, 1.82) is 0 Å². The van der Waals surface area contributed by atoms with Crippen molar-refractivity contribution in [2.75, 3.05) is 5.75 Å². The summed E-state index contributed by atoms with van der Waals surface area (Å²) in [6, 6.07) is 8.91. The van der Waals surface area contributed by atoms with Crippen molar-refractivity contribution >= 4 is 44.9 Å². The van der Waals surface area contributed by atoms with E-state index in [1.54, 1.807) is 23.5 Å². The third-order valence-electron chi connectivity index (χ3n) is 2.55. The standard InChI is InChI=1S/C14H13BrFNOS2/c15-11-4-3-10(13(16)6-11)8-19-9-14(18)17-7-12-2-1-5-20-12/h1-6H,7-9H2,(H,17,18). The van der Waals surface area contributed by atoms with Gasteiger partial charge in [0, 0.05) is 15.1 Å². The topological polar surface area (TPSA) is 29.1 Å². The third kappa shape index (κ3) is 4.92. The Morgan fingerprint density at radius 2 is 2.25 bits per heavy atom. The van der Waals surface area contributed by atoms with E-state index in [0.717, 1.165) is 9.35 Å². The Kier molecular flexibility index (Phi) is 6.06. The summed E-state index contributed by atoms with van der Waals surface area (Å²) >= 11 is 6.24. The van der Waals surface area contributed by atoms with Gasteiger partial charge in [-0.3, -0.25) is 4.79 Å². The largest absolute Gasteiger partial charge is 0.350 e. The van der Waals surface area contributed by atoms with Gasteiger partial charge in [-0.1, -0.05) is 28.1 Å². The quantitative estimate of drug-likeness (QED) is 0.821. The lowest BCUT2D eigenvalue weighted by Gasteiger charge is -2.05. The van der Waals surface area contributed by atoms with Gasteiger partial charge in [0.25, 0.3) is 0 Å². The van der Waals surface area contributed by atoms with Crippen LogP contribution in [0.5, 0.6) is 0 Å². The molecule has 2 rings (SSSR count). The van der Waals surface area contributed by atoms with Crippen LogP contribution in [-0.2, 0) is 17.1 Å². The van der Waals surface area contributed by atoms with Crippen molar-refractivity contribution in [3.05, 3.63) is 56.4 Å². The van der Waals surface area contributed by atoms with E-state index in [9.17, 15) is 9.18 Å². The molecular formula is C14H13BrFNOS2. The molecule has 2 aromatic rings. The summed E-state index contributed by atoms with van der Waals surface area (Å²) in [5.41, 5.74) is 0.615. The van der Waals surface area contributed by atoms with Crippen molar-refractivity contribution in [2.24, 2.45) is 0 Å². The lowest BCUT2D eigenvalue weighted by molar-refractivity contribution is -0.118. The molecule has 0 aliphatic rings. The first-order chi connectivity index (χ1) is 9.65. The summed E-state index contributed by atoms with van der Waals surface area (Å²) in [7, 11) is 0. The predicted octanol–water partition coefficient (Wildman–Crippen LogP) is 4.20. The number of amides is 1. The molecule has 0 fully saturated rings. The smallest absolute Gasteiger partial charge is 0.230 e. The zero-order chi connectivity index (χ0) is 14.4. The maximum atomic E-state index is 13.6. The number of hydrogen-bond acceptors (Lipinski definition) is 3. The van der Waals surface area contributed by atoms with Gasteiger partial charge in [-0.25, -0.2) is 4.39 Å². The van der Waals surface area contributed by atoms with Gasteiger partial charge in [-0.15, -0.1) is 23.1 Å². The minimum atomic E-state index is -0.245. The van der Waals surface area contributed by atoms with Crippen LogP contribution in [0.4, 0.5) is 4.39 Å². The molecule has 0 aliphatic heterocycles. The van der Waals surface area contributed by atoms with Gasteiger partial charge in [0.1, 0.15) is 5.82 Å². The van der Waals surface area contributed by atoms with Crippen LogP contribution in [-0.4, -0.2) is 11.7 Å². The average molecular weight is 374 g/mol. The van der Waals surface area contributed by atoms with Crippen molar-refractivity contribution in [3.63, 3.8) is 0 Å². The second-order valence-corrected chi connectivity index (χ2v) is 7.02. The van der Waals surface area contributed by atoms with E-state index in [-0.39, 0.29) is 11.7 Å². The Bertz CT molecular complexity index is 575. The lowest BCUT2D eigenvalue weighted by Crippen LogP contribution is -2.24. The summed E-state index contributed by atoms with van der Waals surface area (Å²) in [4.78, 5) is 12.8. The van der Waals surface area contributed by atoms with Crippen LogP contribution in [0.3, 0.4) is 0 Å². The van der Waals surface area contributed by atoms with Crippen LogP contribution in [0.25, 0.3) is 0 Å². The zero-order valence-corrected chi connectivity index (χ0v) is 13.8. The molecule has 6 heteroatoms. The molecule has 0 saturated carbocycles. The summed E-state index contributed by atoms with van der Waals surface area (Å²) in [5.74, 6) is 0.554. The highest BCUT2D eigenvalue weighted by Crippen LogP contribution is 2.19. The van der Waals surface area contributed by atoms with Gasteiger partial charge in [0.2, 0.25) is 5.91 Å². The number of thioether (sulfide) groups is 1. The van der Waals surface area contributed by atoms with Gasteiger partial charge < -0.3 is 5.32 Å². The van der Waals surface area contributed by atoms with E-state index in [1.807, 2.05) is 17.5 Å². The van der Waals surface area contributed by atoms with Crippen molar-refractivity contribution in [2.45, 2.75) is 12.3 Å². The van der Waals surface area contributed by atoms with E-state index in [2.05, 4.69) is 21.2 Å². The van der Waals surface area contributed by atoms with Crippen LogP contribution >= 0.6 is 39.0 Å². The van der Waals surface area contributed by atoms with Gasteiger partial charge in [0.15, 0.2) is 0 Å². The molecule has 1 heterocycles. The zero-order valence-electron chi connectivity index (χ0n) is 10.6. The number of rotatable bonds is 6. The Labute approximate surface area is 133 Å². The SMILES string of the molecule is O=C(CSCc1ccc(Br)cc1F)NCc1cccs1. The number of carbonyl (C=O) groups excluding carboxylic acids is 1. The first-order valence-corrected chi connectivity index (χ1v) is 8.78. The second kappa shape index (κ2) is 7.81. The Hall–Kier alpha value is -0.850. The summed E-state index contributed by atoms with van der Waals surface area (Å²) in [6.07, 6.45) is 0. The molecule has 1 aromatic heterocycles. The normalized spacial score (nSPS) is 10.5. The summed E-state index contributed by atoms with van der Waals surface area (Å²) in [6.45, 7) is 0.559. The molecular weight excluding hydrogens is 361 g/mol. The fraction of sp³-hybridized carbons (Fsp3) is 0.214. The van der Waals surface area contributed by atoms with E-state index < -0.39 is 0 Å². The fourth-order valence-corrected chi connectivity index (χ4v) is 3.36. The highest BCUT2D eigenvalue weighted by molar-refractivity contribution is 9.10. The molecule has 1 aromatic carbocycles. The van der Waals surface area contributed by atoms with Crippen LogP contribution in [0.15, 0.2) is 40.2 Å². The first-order valence-electron chi connectivity index (χ1n) is 5.96. The molecule has 1 amide bonds. The number of carbonyl (C=O) groups is 1. The van der Waals surface area contributed by atoms with E-state index in [1.165, 1.54) is 17.8 Å². The molecule has 106 valence electrons. The Morgan fingerprint density at radius 1 is 1.40 bits per heavy atom. The molecule has 2 nitrogen and oxygen atoms in total. The maximum absolute atomic E-state index is 13.6. The highest BCUT2D eigenvalue weighted by Gasteiger charge is 2.06. The van der Waals surface area contributed by atoms with Crippen LogP contribution in [0, 0.1) is 5.82 Å². The number of hydrogen-bond donors (Lipinski definition) is 1. The van der Waals surface area contributed by atoms with Gasteiger partial charge in [0.05, 0.1) is 12.3 Å². The van der Waals surface area contributed by atoms with Crippen molar-refractivity contribution in [3.8, 4) is 0 Å². The van der Waals surface area contributed by atoms with Crippen LogP contribution in [0.1, 0.15) is 10.4 Å². The molecule has 0 saturated heterocycles. The minimum Gasteiger partial charge on any atom is -0.350 e. The fourth-order valence-electron chi connectivity index (χ4n) is 1.54. The molecule has 0 atom stereocenters. The third-order valence-corrected chi connectivity index (χ3v) is 4.90. The lowest BCUT2D eigenvalue weighted by atomic mass is 10.2. The van der Waals surface area contributed by atoms with Gasteiger partial charge in [-0.05, 0) is 29.1 Å². The molecule has 0 radical (unpaired) electrons. The average Bonchev–Trinajstić information content (AvgIpc) is 2.92. The van der Waals surface area contributed by atoms with Crippen molar-refractivity contribution in [1.82, 2.24) is 5.32 Å². The van der Waals surface area contributed by atoms with E-state index in [4.69, 9.17) is 0 Å². The first kappa shape index (κ1) is 15.5. The number of benzene rings is 1. The molecule has 0 bridgehead atoms. The minimum absolute atomic E-state index is 0.0269. The van der Waals surface area contributed by atoms with E-state index in [0.29, 0.717) is 23.6 Å². The molecule has 0 spiro atoms. The number of halogens is 2. The summed E-state index contributed by atoms with van der Waals surface area (Å²) < 4.78 is 14.3. The predicted molar refractivity (Wildman–Crippen MR) is 86.4 cm³/mol. The van der Waals surface area contributed by atoms with Gasteiger partial charge in [-0.2, -0.15) is 0 Å². The molecule has 20 heavy (non-hydrogen) atoms. The highest BCUT2D eigenvalue weighted by atomic mass is 79.9.